The van der Waals surface area contributed by atoms with Gasteiger partial charge in [-0.2, -0.15) is 8.78 Å². The van der Waals surface area contributed by atoms with Crippen molar-refractivity contribution in [2.75, 3.05) is 28.4 Å². The van der Waals surface area contributed by atoms with Crippen LogP contribution >= 0.6 is 11.6 Å². The van der Waals surface area contributed by atoms with Gasteiger partial charge in [0.2, 0.25) is 5.75 Å². The van der Waals surface area contributed by atoms with Crippen LogP contribution in [0.4, 0.5) is 8.78 Å². The molecule has 0 aliphatic carbocycles. The lowest BCUT2D eigenvalue weighted by Crippen LogP contribution is -2.06. The number of halogens is 3. The maximum absolute atomic E-state index is 12.5. The van der Waals surface area contributed by atoms with Crippen LogP contribution < -0.4 is 23.7 Å². The zero-order valence-electron chi connectivity index (χ0n) is 17.2. The predicted molar refractivity (Wildman–Crippen MR) is 110 cm³/mol. The van der Waals surface area contributed by atoms with E-state index in [0.29, 0.717) is 28.4 Å². The Hall–Kier alpha value is -3.20. The monoisotopic (exact) mass is 458 g/mol. The minimum Gasteiger partial charge on any atom is -0.493 e. The summed E-state index contributed by atoms with van der Waals surface area (Å²) in [6, 6.07) is 6.06. The smallest absolute Gasteiger partial charge is 0.387 e. The number of carbonyl (C=O) groups excluding carboxylic acids is 1. The lowest BCUT2D eigenvalue weighted by molar-refractivity contribution is -0.138. The van der Waals surface area contributed by atoms with Crippen LogP contribution in [0.1, 0.15) is 11.1 Å². The summed E-state index contributed by atoms with van der Waals surface area (Å²) in [7, 11) is 5.73. The molecule has 0 aliphatic heterocycles. The van der Waals surface area contributed by atoms with Crippen molar-refractivity contribution in [1.29, 1.82) is 0 Å². The highest BCUT2D eigenvalue weighted by molar-refractivity contribution is 6.32. The Morgan fingerprint density at radius 3 is 2.03 bits per heavy atom. The van der Waals surface area contributed by atoms with Gasteiger partial charge in [0, 0.05) is 6.08 Å². The maximum Gasteiger partial charge on any atom is 0.387 e. The SMILES string of the molecule is COc1cc(COC(=O)/C=C/c2cc(OC)c(OC)c(OC)c2)cc(Cl)c1OC(F)F. The highest BCUT2D eigenvalue weighted by Gasteiger charge is 2.17. The Morgan fingerprint density at radius 2 is 1.52 bits per heavy atom. The van der Waals surface area contributed by atoms with E-state index in [1.54, 1.807) is 12.1 Å². The molecule has 0 heterocycles. The van der Waals surface area contributed by atoms with Crippen molar-refractivity contribution in [1.82, 2.24) is 0 Å². The summed E-state index contributed by atoms with van der Waals surface area (Å²) in [5, 5.41) is -0.0985. The van der Waals surface area contributed by atoms with Crippen LogP contribution in [-0.2, 0) is 16.1 Å². The van der Waals surface area contributed by atoms with Crippen LogP contribution in [0.15, 0.2) is 30.3 Å². The third-order valence-corrected chi connectivity index (χ3v) is 4.26. The fourth-order valence-electron chi connectivity index (χ4n) is 2.62. The lowest BCUT2D eigenvalue weighted by atomic mass is 10.1. The second kappa shape index (κ2) is 11.3. The van der Waals surface area contributed by atoms with Gasteiger partial charge >= 0.3 is 12.6 Å². The molecule has 0 radical (unpaired) electrons. The number of ether oxygens (including phenoxy) is 6. The van der Waals surface area contributed by atoms with Crippen LogP contribution in [0, 0.1) is 0 Å². The first-order valence-electron chi connectivity index (χ1n) is 8.79. The first-order chi connectivity index (χ1) is 14.8. The Morgan fingerprint density at radius 1 is 0.935 bits per heavy atom. The molecule has 2 aromatic rings. The zero-order chi connectivity index (χ0) is 23.0. The summed E-state index contributed by atoms with van der Waals surface area (Å²) in [6.45, 7) is -3.22. The number of esters is 1. The van der Waals surface area contributed by atoms with E-state index in [9.17, 15) is 13.6 Å². The Balaban J connectivity index is 2.10. The molecule has 0 saturated carbocycles. The zero-order valence-corrected chi connectivity index (χ0v) is 18.0. The number of hydrogen-bond donors (Lipinski definition) is 0. The normalized spacial score (nSPS) is 10.8. The van der Waals surface area contributed by atoms with Crippen molar-refractivity contribution < 1.29 is 42.0 Å². The summed E-state index contributed by atoms with van der Waals surface area (Å²) in [4.78, 5) is 12.1. The van der Waals surface area contributed by atoms with Gasteiger partial charge in [0.1, 0.15) is 6.61 Å². The van der Waals surface area contributed by atoms with E-state index >= 15 is 0 Å². The van der Waals surface area contributed by atoms with Gasteiger partial charge in [0.15, 0.2) is 23.0 Å². The molecule has 0 saturated heterocycles. The van der Waals surface area contributed by atoms with Crippen LogP contribution in [0.3, 0.4) is 0 Å². The van der Waals surface area contributed by atoms with Crippen molar-refractivity contribution in [3.05, 3.63) is 46.5 Å². The first-order valence-corrected chi connectivity index (χ1v) is 9.16. The molecule has 7 nitrogen and oxygen atoms in total. The second-order valence-electron chi connectivity index (χ2n) is 5.89. The molecule has 0 amide bonds. The molecule has 168 valence electrons. The molecule has 0 aromatic heterocycles. The molecule has 0 N–H and O–H groups in total. The highest BCUT2D eigenvalue weighted by Crippen LogP contribution is 2.39. The molecule has 0 fully saturated rings. The first kappa shape index (κ1) is 24.1. The van der Waals surface area contributed by atoms with Crippen LogP contribution in [0.2, 0.25) is 5.02 Å². The fourth-order valence-corrected chi connectivity index (χ4v) is 2.90. The molecule has 0 unspecified atom stereocenters. The Labute approximate surface area is 183 Å². The minimum atomic E-state index is -3.06. The van der Waals surface area contributed by atoms with E-state index in [1.165, 1.54) is 52.7 Å². The second-order valence-corrected chi connectivity index (χ2v) is 6.29. The number of carbonyl (C=O) groups is 1. The van der Waals surface area contributed by atoms with Gasteiger partial charge in [-0.3, -0.25) is 0 Å². The number of hydrogen-bond acceptors (Lipinski definition) is 7. The minimum absolute atomic E-state index is 0.00758. The van der Waals surface area contributed by atoms with Crippen LogP contribution in [-0.4, -0.2) is 41.0 Å². The Bertz CT molecular complexity index is 923. The standard InChI is InChI=1S/C21H21ClF2O7/c1-26-15-10-13(7-14(22)19(15)31-21(23)24)11-30-18(25)6-5-12-8-16(27-2)20(29-4)17(9-12)28-3/h5-10,21H,11H2,1-4H3/b6-5+. The van der Waals surface area contributed by atoms with Crippen molar-refractivity contribution in [3.63, 3.8) is 0 Å². The summed E-state index contributed by atoms with van der Waals surface area (Å²) >= 11 is 5.97. The van der Waals surface area contributed by atoms with Crippen molar-refractivity contribution in [3.8, 4) is 28.7 Å². The number of rotatable bonds is 10. The van der Waals surface area contributed by atoms with Crippen LogP contribution in [0.25, 0.3) is 6.08 Å². The fraction of sp³-hybridized carbons (Fsp3) is 0.286. The molecule has 0 spiro atoms. The van der Waals surface area contributed by atoms with Gasteiger partial charge in [-0.05, 0) is 41.5 Å². The van der Waals surface area contributed by atoms with Crippen molar-refractivity contribution in [2.45, 2.75) is 13.2 Å². The van der Waals surface area contributed by atoms with Crippen LogP contribution in [0.5, 0.6) is 28.7 Å². The van der Waals surface area contributed by atoms with E-state index in [0.717, 1.165) is 0 Å². The molecular formula is C21H21ClF2O7. The molecule has 31 heavy (non-hydrogen) atoms. The largest absolute Gasteiger partial charge is 0.493 e. The van der Waals surface area contributed by atoms with Crippen molar-refractivity contribution >= 4 is 23.6 Å². The number of alkyl halides is 2. The third kappa shape index (κ3) is 6.39. The quantitative estimate of drug-likeness (QED) is 0.376. The van der Waals surface area contributed by atoms with Gasteiger partial charge < -0.3 is 28.4 Å². The molecule has 10 heteroatoms. The predicted octanol–water partition coefficient (Wildman–Crippen LogP) is 4.73. The molecular weight excluding hydrogens is 438 g/mol. The Kier molecular flexibility index (Phi) is 8.75. The molecule has 2 rings (SSSR count). The average Bonchev–Trinajstić information content (AvgIpc) is 2.76. The van der Waals surface area contributed by atoms with Gasteiger partial charge in [-0.1, -0.05) is 11.6 Å². The van der Waals surface area contributed by atoms with Crippen molar-refractivity contribution in [2.24, 2.45) is 0 Å². The van der Waals surface area contributed by atoms with E-state index < -0.39 is 12.6 Å². The van der Waals surface area contributed by atoms with E-state index in [1.807, 2.05) is 0 Å². The highest BCUT2D eigenvalue weighted by atomic mass is 35.5. The van der Waals surface area contributed by atoms with E-state index in [2.05, 4.69) is 4.74 Å². The third-order valence-electron chi connectivity index (χ3n) is 3.98. The van der Waals surface area contributed by atoms with E-state index in [-0.39, 0.29) is 23.1 Å². The average molecular weight is 459 g/mol. The summed E-state index contributed by atoms with van der Waals surface area (Å²) in [6.07, 6.45) is 2.73. The molecule has 2 aromatic carbocycles. The van der Waals surface area contributed by atoms with Gasteiger partial charge in [0.25, 0.3) is 0 Å². The topological polar surface area (TPSA) is 72.5 Å². The maximum atomic E-state index is 12.5. The lowest BCUT2D eigenvalue weighted by Gasteiger charge is -2.13. The number of benzene rings is 2. The summed E-state index contributed by atoms with van der Waals surface area (Å²) in [5.41, 5.74) is 1.04. The van der Waals surface area contributed by atoms with Gasteiger partial charge in [0.05, 0.1) is 33.5 Å². The molecule has 0 bridgehead atoms. The van der Waals surface area contributed by atoms with Gasteiger partial charge in [-0.25, -0.2) is 4.79 Å². The van der Waals surface area contributed by atoms with E-state index in [4.69, 9.17) is 35.3 Å². The molecule has 0 atom stereocenters. The molecule has 0 aliphatic rings. The summed E-state index contributed by atoms with van der Waals surface area (Å²) < 4.78 is 55.3. The number of methoxy groups -OCH3 is 4. The van der Waals surface area contributed by atoms with Gasteiger partial charge in [-0.15, -0.1) is 0 Å². The summed E-state index contributed by atoms with van der Waals surface area (Å²) in [5.74, 6) is 0.348.